The summed E-state index contributed by atoms with van der Waals surface area (Å²) in [7, 11) is 0. The Bertz CT molecular complexity index is 5590. The summed E-state index contributed by atoms with van der Waals surface area (Å²) in [5, 5.41) is 0. The molecule has 0 heterocycles. The molecule has 2 aliphatic carbocycles. The molecule has 134 heavy (non-hydrogen) atoms. The Kier molecular flexibility index (Phi) is 39.6. The van der Waals surface area contributed by atoms with Gasteiger partial charge in [-0.3, -0.25) is 0 Å². The lowest BCUT2D eigenvalue weighted by atomic mass is 9.65. The lowest BCUT2D eigenvalue weighted by Crippen LogP contribution is -2.30. The van der Waals surface area contributed by atoms with Gasteiger partial charge >= 0.3 is 0 Å². The molecule has 0 heteroatoms. The van der Waals surface area contributed by atoms with Gasteiger partial charge in [-0.25, -0.2) is 0 Å². The van der Waals surface area contributed by atoms with Gasteiger partial charge in [-0.1, -0.05) is 443 Å². The van der Waals surface area contributed by atoms with Crippen molar-refractivity contribution in [1.29, 1.82) is 0 Å². The van der Waals surface area contributed by atoms with E-state index < -0.39 is 0 Å². The van der Waals surface area contributed by atoms with Crippen molar-refractivity contribution in [3.8, 4) is 44.5 Å². The maximum Gasteiger partial charge on any atom is 0.0713 e. The molecule has 15 rings (SSSR count). The third-order valence-corrected chi connectivity index (χ3v) is 29.3. The zero-order valence-electron chi connectivity index (χ0n) is 88.8. The second kappa shape index (κ2) is 50.1. The molecule has 0 aromatic heterocycles. The van der Waals surface area contributed by atoms with Crippen LogP contribution >= 0.6 is 0 Å². The van der Waals surface area contributed by atoms with E-state index in [-0.39, 0.29) is 21.7 Å². The van der Waals surface area contributed by atoms with Crippen molar-refractivity contribution >= 4 is 0 Å². The highest BCUT2D eigenvalue weighted by Gasteiger charge is 2.47. The molecular formula is C134H172. The third kappa shape index (κ3) is 27.6. The van der Waals surface area contributed by atoms with Crippen molar-refractivity contribution < 1.29 is 0 Å². The zero-order chi connectivity index (χ0) is 97.0. The van der Waals surface area contributed by atoms with Gasteiger partial charge < -0.3 is 0 Å². The number of hydrogen-bond acceptors (Lipinski definition) is 0. The summed E-state index contributed by atoms with van der Waals surface area (Å²) in [6.07, 6.45) is 33.1. The summed E-state index contributed by atoms with van der Waals surface area (Å²) in [6, 6.07) is 94.1. The minimum absolute atomic E-state index is 0.0773. The average molecular weight is 1780 g/mol. The van der Waals surface area contributed by atoms with Crippen LogP contribution in [0.4, 0.5) is 0 Å². The Balaban J connectivity index is 0.000000175. The molecule has 0 saturated carbocycles. The molecule has 0 nitrogen and oxygen atoms in total. The zero-order valence-corrected chi connectivity index (χ0v) is 88.8. The Morgan fingerprint density at radius 1 is 0.209 bits per heavy atom. The van der Waals surface area contributed by atoms with Crippen LogP contribution in [-0.4, -0.2) is 0 Å². The minimum Gasteiger partial charge on any atom is -0.0654 e. The maximum atomic E-state index is 2.56. The summed E-state index contributed by atoms with van der Waals surface area (Å²) < 4.78 is 0. The largest absolute Gasteiger partial charge is 0.0713 e. The van der Waals surface area contributed by atoms with Crippen molar-refractivity contribution in [2.24, 2.45) is 0 Å². The van der Waals surface area contributed by atoms with Crippen molar-refractivity contribution in [2.45, 2.75) is 369 Å². The number of aryl methyl sites for hydroxylation is 20. The van der Waals surface area contributed by atoms with E-state index in [0.717, 1.165) is 0 Å². The van der Waals surface area contributed by atoms with Gasteiger partial charge in [0, 0.05) is 5.41 Å². The highest BCUT2D eigenvalue weighted by atomic mass is 14.5. The molecule has 13 aromatic carbocycles. The van der Waals surface area contributed by atoms with Crippen LogP contribution in [0.2, 0.25) is 0 Å². The topological polar surface area (TPSA) is 0 Å². The molecule has 0 spiro atoms. The second-order valence-corrected chi connectivity index (χ2v) is 42.6. The minimum atomic E-state index is -0.356. The Morgan fingerprint density at radius 3 is 0.866 bits per heavy atom. The van der Waals surface area contributed by atoms with E-state index in [0.29, 0.717) is 0 Å². The van der Waals surface area contributed by atoms with Crippen molar-refractivity contribution in [2.75, 3.05) is 0 Å². The smallest absolute Gasteiger partial charge is 0.0654 e. The van der Waals surface area contributed by atoms with E-state index in [1.165, 1.54) is 350 Å². The summed E-state index contributed by atoms with van der Waals surface area (Å²) in [6.45, 7) is 61.1. The van der Waals surface area contributed by atoms with Crippen molar-refractivity contribution in [1.82, 2.24) is 0 Å². The van der Waals surface area contributed by atoms with Gasteiger partial charge in [0.15, 0.2) is 0 Å². The first-order valence-electron chi connectivity index (χ1n) is 52.3. The lowest BCUT2D eigenvalue weighted by Gasteiger charge is -2.36. The van der Waals surface area contributed by atoms with E-state index in [9.17, 15) is 0 Å². The quantitative estimate of drug-likeness (QED) is 0.0394. The summed E-state index contributed by atoms with van der Waals surface area (Å²) in [5.41, 5.74) is 51.8. The van der Waals surface area contributed by atoms with Gasteiger partial charge in [-0.2, -0.15) is 0 Å². The summed E-state index contributed by atoms with van der Waals surface area (Å²) in [5.74, 6) is 0. The third-order valence-electron chi connectivity index (χ3n) is 29.3. The summed E-state index contributed by atoms with van der Waals surface area (Å²) >= 11 is 0. The number of fused-ring (bicyclic) bond motifs is 6. The molecule has 0 saturated heterocycles. The molecule has 0 bridgehead atoms. The van der Waals surface area contributed by atoms with Gasteiger partial charge in [0.25, 0.3) is 0 Å². The predicted molar refractivity (Wildman–Crippen MR) is 592 cm³/mol. The number of hydrogen-bond donors (Lipinski definition) is 0. The van der Waals surface area contributed by atoms with E-state index >= 15 is 0 Å². The highest BCUT2D eigenvalue weighted by molar-refractivity contribution is 5.88. The van der Waals surface area contributed by atoms with Crippen LogP contribution in [0.1, 0.15) is 373 Å². The van der Waals surface area contributed by atoms with Crippen LogP contribution in [0.15, 0.2) is 249 Å². The second-order valence-electron chi connectivity index (χ2n) is 42.6. The highest BCUT2D eigenvalue weighted by Crippen LogP contribution is 2.58. The van der Waals surface area contributed by atoms with Gasteiger partial charge in [0.05, 0.1) is 5.41 Å². The first-order valence-corrected chi connectivity index (χ1v) is 52.3. The molecule has 2 aliphatic rings. The Morgan fingerprint density at radius 2 is 0.515 bits per heavy atom. The predicted octanol–water partition coefficient (Wildman–Crippen LogP) is 39.0. The number of rotatable bonds is 30. The lowest BCUT2D eigenvalue weighted by molar-refractivity contribution is 0.585. The number of unbranched alkanes of at least 4 members (excludes halogenated alkanes) is 15. The molecular weight excluding hydrogens is 1610 g/mol. The molecule has 0 radical (unpaired) electrons. The van der Waals surface area contributed by atoms with Crippen LogP contribution in [0.3, 0.4) is 0 Å². The van der Waals surface area contributed by atoms with Gasteiger partial charge in [-0.15, -0.1) is 0 Å². The van der Waals surface area contributed by atoms with Crippen LogP contribution in [0.5, 0.6) is 0 Å². The SMILES string of the molecule is CCCCCCc1cc(C)c(C)cc1C.CCCCCCc1cc(C)c(CCCCCC)cc1C.CCCCCCc1cc(CCCCCC)cc(C2(C)c3cc(C)c(C)cc3-c3cc(C)c(C)cc32)c1.Cc1cc(-c2ccccc2)c(C)cc1-c1ccccc1.Cc1ccc(C)cc1.Cc1ccc2c(c1)C(c1cccc(C(C)(C)C)c1)(c1cccc(C(C)(C)C)c1)c1cc(C)ccc1-2. The Hall–Kier alpha value is -10.1. The molecule has 0 unspecified atom stereocenters. The molecule has 0 N–H and O–H groups in total. The fourth-order valence-corrected chi connectivity index (χ4v) is 20.3. The van der Waals surface area contributed by atoms with Crippen LogP contribution in [-0.2, 0) is 53.8 Å². The standard InChI is InChI=1S/C36H48.C35H38.C20H18.C20H34.C15H24.C8H10/c1-8-10-12-14-16-29-22-30(17-15-13-11-9-2)24-31(23-29)36(7)34-20-27(5)25(3)18-32(34)33-19-26(4)28(6)21-35(33)36;1-23-15-17-29-30-18-16-24(2)20-32(30)35(31(29)19-23,27-13-9-11-25(21-27)33(3,4)5)28-14-10-12-26(22-28)34(6,7)8;1-15-13-20(18-11-7-4-8-12-18)16(2)14-19(15)17-9-5-3-6-10-17;1-5-7-9-11-13-19-15-18(4)20(16-17(19)3)14-12-10-8-6-2;1-5-6-7-8-9-15-11-13(3)12(2)10-14(15)4;1-7-3-5-8(2)6-4-7/h18-24H,8-17H2,1-7H3;9-22H,1-8H3;3-14H,1-2H3;15-16H,5-14H2,1-4H3;10-11H,5-9H2,1-4H3;3-6H,1-2H3. The maximum absolute atomic E-state index is 2.56. The van der Waals surface area contributed by atoms with Gasteiger partial charge in [0.2, 0.25) is 0 Å². The van der Waals surface area contributed by atoms with Crippen LogP contribution < -0.4 is 0 Å². The normalized spacial score (nSPS) is 12.4. The molecule has 13 aromatic rings. The van der Waals surface area contributed by atoms with Gasteiger partial charge in [0.1, 0.15) is 0 Å². The van der Waals surface area contributed by atoms with Crippen LogP contribution in [0, 0.1) is 104 Å². The number of benzene rings is 13. The van der Waals surface area contributed by atoms with E-state index in [1.54, 1.807) is 16.7 Å². The fourth-order valence-electron chi connectivity index (χ4n) is 20.3. The van der Waals surface area contributed by atoms with Crippen molar-refractivity contribution in [3.05, 3.63) is 410 Å². The van der Waals surface area contributed by atoms with Crippen LogP contribution in [0.25, 0.3) is 44.5 Å². The molecule has 0 fully saturated rings. The molecule has 0 atom stereocenters. The van der Waals surface area contributed by atoms with E-state index in [1.807, 2.05) is 0 Å². The molecule has 0 amide bonds. The molecule has 0 aliphatic heterocycles. The van der Waals surface area contributed by atoms with E-state index in [2.05, 4.69) is 436 Å². The first kappa shape index (κ1) is 106. The fraction of sp³-hybridized carbons (Fsp3) is 0.418. The average Bonchev–Trinajstić information content (AvgIpc) is 1.53. The Labute approximate surface area is 818 Å². The molecule has 708 valence electrons. The first-order chi connectivity index (χ1) is 64.1. The summed E-state index contributed by atoms with van der Waals surface area (Å²) in [4.78, 5) is 0. The van der Waals surface area contributed by atoms with E-state index in [4.69, 9.17) is 0 Å². The van der Waals surface area contributed by atoms with Crippen molar-refractivity contribution in [3.63, 3.8) is 0 Å². The monoisotopic (exact) mass is 1780 g/mol. The van der Waals surface area contributed by atoms with Gasteiger partial charge in [-0.05, 0) is 369 Å².